The Bertz CT molecular complexity index is 557. The molecule has 0 aromatic carbocycles. The fraction of sp³-hybridized carbons (Fsp3) is 0.182. The molecule has 2 aromatic rings. The van der Waals surface area contributed by atoms with Crippen molar-refractivity contribution < 1.29 is 9.47 Å². The van der Waals surface area contributed by atoms with E-state index < -0.39 is 0 Å². The second-order valence-corrected chi connectivity index (χ2v) is 3.92. The van der Waals surface area contributed by atoms with Gasteiger partial charge in [0.05, 0.1) is 23.5 Å². The molecule has 2 heterocycles. The SMILES string of the molecule is C#Cc1cnn2cc(OCOC)cc(Br)c12. The first-order valence-corrected chi connectivity index (χ1v) is 5.31. The van der Waals surface area contributed by atoms with Crippen LogP contribution in [-0.4, -0.2) is 23.5 Å². The van der Waals surface area contributed by atoms with E-state index in [0.29, 0.717) is 5.75 Å². The third-order valence-corrected chi connectivity index (χ3v) is 2.64. The van der Waals surface area contributed by atoms with Crippen LogP contribution in [-0.2, 0) is 4.74 Å². The van der Waals surface area contributed by atoms with Crippen LogP contribution < -0.4 is 4.74 Å². The van der Waals surface area contributed by atoms with E-state index in [1.54, 1.807) is 24.0 Å². The molecule has 0 bridgehead atoms. The highest BCUT2D eigenvalue weighted by Crippen LogP contribution is 2.26. The molecule has 16 heavy (non-hydrogen) atoms. The summed E-state index contributed by atoms with van der Waals surface area (Å²) in [5.74, 6) is 3.23. The molecule has 4 nitrogen and oxygen atoms in total. The van der Waals surface area contributed by atoms with Gasteiger partial charge in [0.15, 0.2) is 6.79 Å². The average Bonchev–Trinajstić information content (AvgIpc) is 2.69. The number of ether oxygens (including phenoxy) is 2. The van der Waals surface area contributed by atoms with Gasteiger partial charge in [0.25, 0.3) is 0 Å². The Hall–Kier alpha value is -1.51. The van der Waals surface area contributed by atoms with Gasteiger partial charge in [-0.25, -0.2) is 4.52 Å². The first-order chi connectivity index (χ1) is 7.76. The highest BCUT2D eigenvalue weighted by molar-refractivity contribution is 9.10. The lowest BCUT2D eigenvalue weighted by Crippen LogP contribution is -2.00. The first-order valence-electron chi connectivity index (χ1n) is 4.51. The van der Waals surface area contributed by atoms with Crippen LogP contribution in [0.2, 0.25) is 0 Å². The van der Waals surface area contributed by atoms with E-state index in [0.717, 1.165) is 15.6 Å². The zero-order valence-corrected chi connectivity index (χ0v) is 10.2. The van der Waals surface area contributed by atoms with Crippen molar-refractivity contribution in [3.63, 3.8) is 0 Å². The number of halogens is 1. The van der Waals surface area contributed by atoms with Gasteiger partial charge in [0.2, 0.25) is 0 Å². The summed E-state index contributed by atoms with van der Waals surface area (Å²) in [6, 6.07) is 1.83. The minimum atomic E-state index is 0.196. The molecule has 5 heteroatoms. The highest BCUT2D eigenvalue weighted by Gasteiger charge is 2.08. The quantitative estimate of drug-likeness (QED) is 0.638. The summed E-state index contributed by atoms with van der Waals surface area (Å²) < 4.78 is 12.7. The van der Waals surface area contributed by atoms with E-state index in [9.17, 15) is 0 Å². The van der Waals surface area contributed by atoms with E-state index in [1.165, 1.54) is 0 Å². The molecule has 0 saturated heterocycles. The van der Waals surface area contributed by atoms with Crippen LogP contribution >= 0.6 is 15.9 Å². The summed E-state index contributed by atoms with van der Waals surface area (Å²) >= 11 is 3.43. The van der Waals surface area contributed by atoms with Crippen molar-refractivity contribution >= 4 is 21.4 Å². The van der Waals surface area contributed by atoms with Gasteiger partial charge in [-0.1, -0.05) is 5.92 Å². The number of hydrogen-bond acceptors (Lipinski definition) is 3. The Morgan fingerprint density at radius 3 is 3.12 bits per heavy atom. The summed E-state index contributed by atoms with van der Waals surface area (Å²) in [6.45, 7) is 0.196. The largest absolute Gasteiger partial charge is 0.466 e. The van der Waals surface area contributed by atoms with Crippen LogP contribution in [0.15, 0.2) is 22.9 Å². The average molecular weight is 281 g/mol. The van der Waals surface area contributed by atoms with Gasteiger partial charge < -0.3 is 9.47 Å². The number of rotatable bonds is 3. The predicted molar refractivity (Wildman–Crippen MR) is 63.3 cm³/mol. The standard InChI is InChI=1S/C11H9BrN2O2/c1-3-8-5-13-14-6-9(16-7-15-2)4-10(12)11(8)14/h1,4-6H,7H2,2H3. The van der Waals surface area contributed by atoms with Crippen molar-refractivity contribution in [2.45, 2.75) is 0 Å². The fourth-order valence-electron chi connectivity index (χ4n) is 1.36. The topological polar surface area (TPSA) is 35.8 Å². The molecule has 0 aliphatic rings. The Kier molecular flexibility index (Phi) is 3.13. The molecule has 82 valence electrons. The van der Waals surface area contributed by atoms with E-state index in [1.807, 2.05) is 6.07 Å². The lowest BCUT2D eigenvalue weighted by molar-refractivity contribution is 0.0507. The van der Waals surface area contributed by atoms with Crippen molar-refractivity contribution in [2.75, 3.05) is 13.9 Å². The molecule has 0 saturated carbocycles. The van der Waals surface area contributed by atoms with Crippen LogP contribution in [0.3, 0.4) is 0 Å². The van der Waals surface area contributed by atoms with Gasteiger partial charge >= 0.3 is 0 Å². The monoisotopic (exact) mass is 280 g/mol. The molecule has 0 radical (unpaired) electrons. The molecule has 0 N–H and O–H groups in total. The maximum atomic E-state index is 5.37. The van der Waals surface area contributed by atoms with Gasteiger partial charge in [-0.05, 0) is 22.0 Å². The lowest BCUT2D eigenvalue weighted by atomic mass is 10.3. The minimum Gasteiger partial charge on any atom is -0.466 e. The van der Waals surface area contributed by atoms with Crippen molar-refractivity contribution in [3.8, 4) is 18.1 Å². The molecule has 0 aliphatic carbocycles. The van der Waals surface area contributed by atoms with Gasteiger partial charge in [0, 0.05) is 11.6 Å². The zero-order valence-electron chi connectivity index (χ0n) is 8.61. The number of hydrogen-bond donors (Lipinski definition) is 0. The molecule has 0 fully saturated rings. The first kappa shape index (κ1) is 11.0. The summed E-state index contributed by atoms with van der Waals surface area (Å²) in [4.78, 5) is 0. The van der Waals surface area contributed by atoms with E-state index >= 15 is 0 Å². The summed E-state index contributed by atoms with van der Waals surface area (Å²) in [5.41, 5.74) is 1.59. The van der Waals surface area contributed by atoms with Gasteiger partial charge in [0.1, 0.15) is 5.75 Å². The normalized spacial score (nSPS) is 10.3. The fourth-order valence-corrected chi connectivity index (χ4v) is 1.98. The summed E-state index contributed by atoms with van der Waals surface area (Å²) in [5, 5.41) is 4.14. The van der Waals surface area contributed by atoms with Crippen molar-refractivity contribution in [3.05, 3.63) is 28.5 Å². The lowest BCUT2D eigenvalue weighted by Gasteiger charge is -2.06. The molecular weight excluding hydrogens is 272 g/mol. The molecule has 0 atom stereocenters. The second-order valence-electron chi connectivity index (χ2n) is 3.07. The number of aromatic nitrogens is 2. The zero-order chi connectivity index (χ0) is 11.5. The van der Waals surface area contributed by atoms with Crippen LogP contribution in [0.4, 0.5) is 0 Å². The number of pyridine rings is 1. The highest BCUT2D eigenvalue weighted by atomic mass is 79.9. The maximum Gasteiger partial charge on any atom is 0.188 e. The van der Waals surface area contributed by atoms with Crippen LogP contribution in [0.25, 0.3) is 5.52 Å². The van der Waals surface area contributed by atoms with Gasteiger partial charge in [-0.15, -0.1) is 6.42 Å². The van der Waals surface area contributed by atoms with Crippen molar-refractivity contribution in [2.24, 2.45) is 0 Å². The Morgan fingerprint density at radius 1 is 1.62 bits per heavy atom. The summed E-state index contributed by atoms with van der Waals surface area (Å²) in [7, 11) is 1.57. The van der Waals surface area contributed by atoms with E-state index in [-0.39, 0.29) is 6.79 Å². The molecular formula is C11H9BrN2O2. The van der Waals surface area contributed by atoms with Crippen LogP contribution in [0.5, 0.6) is 5.75 Å². The second kappa shape index (κ2) is 4.56. The number of fused-ring (bicyclic) bond motifs is 1. The predicted octanol–water partition coefficient (Wildman–Crippen LogP) is 2.06. The number of terminal acetylenes is 1. The third kappa shape index (κ3) is 1.90. The minimum absolute atomic E-state index is 0.196. The summed E-state index contributed by atoms with van der Waals surface area (Å²) in [6.07, 6.45) is 8.76. The number of nitrogens with zero attached hydrogens (tertiary/aromatic N) is 2. The molecule has 2 rings (SSSR count). The molecule has 0 spiro atoms. The Labute approximate surface area is 101 Å². The van der Waals surface area contributed by atoms with Crippen molar-refractivity contribution in [1.29, 1.82) is 0 Å². The smallest absolute Gasteiger partial charge is 0.188 e. The third-order valence-electron chi connectivity index (χ3n) is 2.04. The molecule has 0 aliphatic heterocycles. The molecule has 0 unspecified atom stereocenters. The van der Waals surface area contributed by atoms with Crippen LogP contribution in [0, 0.1) is 12.3 Å². The van der Waals surface area contributed by atoms with Crippen molar-refractivity contribution in [1.82, 2.24) is 9.61 Å². The van der Waals surface area contributed by atoms with E-state index in [4.69, 9.17) is 15.9 Å². The van der Waals surface area contributed by atoms with Gasteiger partial charge in [-0.2, -0.15) is 5.10 Å². The van der Waals surface area contributed by atoms with E-state index in [2.05, 4.69) is 26.9 Å². The molecule has 0 amide bonds. The maximum absolute atomic E-state index is 5.37. The number of methoxy groups -OCH3 is 1. The van der Waals surface area contributed by atoms with Gasteiger partial charge in [-0.3, -0.25) is 0 Å². The Balaban J connectivity index is 2.49. The Morgan fingerprint density at radius 2 is 2.44 bits per heavy atom. The van der Waals surface area contributed by atoms with Crippen LogP contribution in [0.1, 0.15) is 5.56 Å². The molecule has 2 aromatic heterocycles.